The average molecular weight is 194 g/mol. The molecule has 0 aliphatic heterocycles. The Hall–Kier alpha value is -1.89. The zero-order chi connectivity index (χ0) is 10.3. The molecule has 0 saturated carbocycles. The van der Waals surface area contributed by atoms with Gasteiger partial charge in [0.2, 0.25) is 0 Å². The van der Waals surface area contributed by atoms with Gasteiger partial charge in [0.25, 0.3) is 0 Å². The highest BCUT2D eigenvalue weighted by Gasteiger charge is 1.88. The fraction of sp³-hybridized carbons (Fsp3) is 0. The van der Waals surface area contributed by atoms with Crippen molar-refractivity contribution in [2.45, 2.75) is 0 Å². The summed E-state index contributed by atoms with van der Waals surface area (Å²) in [5, 5.41) is 0. The van der Waals surface area contributed by atoms with Gasteiger partial charge in [-0.2, -0.15) is 0 Å². The molecule has 73 valence electrons. The Bertz CT molecular complexity index is 418. The number of hydrogen-bond donors (Lipinski definition) is 0. The molecule has 15 heavy (non-hydrogen) atoms. The van der Waals surface area contributed by atoms with Crippen molar-refractivity contribution in [3.8, 4) is 0 Å². The molecule has 0 bridgehead atoms. The molecule has 0 N–H and O–H groups in total. The fourth-order valence-electron chi connectivity index (χ4n) is 1.29. The fourth-order valence-corrected chi connectivity index (χ4v) is 1.29. The zero-order valence-electron chi connectivity index (χ0n) is 8.38. The van der Waals surface area contributed by atoms with Gasteiger partial charge in [-0.05, 0) is 11.1 Å². The number of aliphatic imine (C=N–C) groups is 1. The molecule has 0 fully saturated rings. The smallest absolute Gasteiger partial charge is 0.101 e. The molecule has 0 aromatic heterocycles. The lowest BCUT2D eigenvalue weighted by molar-refractivity contribution is 1.35. The van der Waals surface area contributed by atoms with Crippen LogP contribution in [-0.4, -0.2) is 6.21 Å². The molecule has 2 aromatic rings. The van der Waals surface area contributed by atoms with E-state index < -0.39 is 0 Å². The second-order valence-corrected chi connectivity index (χ2v) is 3.23. The third kappa shape index (κ3) is 3.06. The Morgan fingerprint density at radius 1 is 0.667 bits per heavy atom. The van der Waals surface area contributed by atoms with Crippen LogP contribution < -0.4 is 0 Å². The lowest BCUT2D eigenvalue weighted by atomic mass is 10.2. The van der Waals surface area contributed by atoms with Crippen molar-refractivity contribution in [3.63, 3.8) is 0 Å². The Kier molecular flexibility index (Phi) is 3.29. The summed E-state index contributed by atoms with van der Waals surface area (Å²) in [6.45, 7) is 1.85. The molecule has 0 saturated heterocycles. The highest BCUT2D eigenvalue weighted by atomic mass is 14.7. The van der Waals surface area contributed by atoms with Crippen LogP contribution in [0.2, 0.25) is 0 Å². The van der Waals surface area contributed by atoms with Crippen LogP contribution in [0.4, 0.5) is 0 Å². The van der Waals surface area contributed by atoms with E-state index in [2.05, 4.69) is 4.99 Å². The molecule has 0 atom stereocenters. The van der Waals surface area contributed by atoms with Crippen molar-refractivity contribution < 1.29 is 0 Å². The van der Waals surface area contributed by atoms with E-state index in [4.69, 9.17) is 0 Å². The molecule has 2 aromatic carbocycles. The first-order chi connectivity index (χ1) is 7.45. The summed E-state index contributed by atoms with van der Waals surface area (Å²) < 4.78 is 0. The Labute approximate surface area is 90.1 Å². The number of rotatable bonds is 3. The molecule has 0 spiro atoms. The van der Waals surface area contributed by atoms with Crippen LogP contribution in [-0.2, 0) is 0 Å². The molecule has 0 aliphatic carbocycles. The minimum atomic E-state index is 1.12. The van der Waals surface area contributed by atoms with Gasteiger partial charge in [-0.15, -0.1) is 0 Å². The molecular weight excluding hydrogens is 182 g/mol. The third-order valence-electron chi connectivity index (χ3n) is 2.05. The van der Waals surface area contributed by atoms with Gasteiger partial charge in [0, 0.05) is 6.21 Å². The van der Waals surface area contributed by atoms with Crippen molar-refractivity contribution >= 4 is 6.21 Å². The molecule has 1 radical (unpaired) electrons. The maximum atomic E-state index is 4.26. The standard InChI is InChI=1S/C14H12N/c1-3-7-13(8-4-1)11-15-12-14-9-5-2-6-10-14/h1-12H. The second-order valence-electron chi connectivity index (χ2n) is 3.23. The Morgan fingerprint density at radius 3 is 1.80 bits per heavy atom. The predicted octanol–water partition coefficient (Wildman–Crippen LogP) is 3.32. The third-order valence-corrected chi connectivity index (χ3v) is 2.05. The van der Waals surface area contributed by atoms with E-state index in [0.29, 0.717) is 0 Å². The Balaban J connectivity index is 1.97. The maximum absolute atomic E-state index is 4.26. The van der Waals surface area contributed by atoms with E-state index in [1.54, 1.807) is 0 Å². The molecular formula is C14H12N. The summed E-state index contributed by atoms with van der Waals surface area (Å²) in [7, 11) is 0. The maximum Gasteiger partial charge on any atom is 0.101 e. The first-order valence-corrected chi connectivity index (χ1v) is 4.92. The predicted molar refractivity (Wildman–Crippen MR) is 63.9 cm³/mol. The van der Waals surface area contributed by atoms with Crippen LogP contribution in [0.25, 0.3) is 0 Å². The van der Waals surface area contributed by atoms with E-state index in [0.717, 1.165) is 11.1 Å². The van der Waals surface area contributed by atoms with E-state index in [9.17, 15) is 0 Å². The van der Waals surface area contributed by atoms with Gasteiger partial charge in [0.1, 0.15) is 6.54 Å². The quantitative estimate of drug-likeness (QED) is 0.665. The van der Waals surface area contributed by atoms with E-state index >= 15 is 0 Å². The SMILES string of the molecule is [CH](N=Cc1ccccc1)c1ccccc1. The van der Waals surface area contributed by atoms with Crippen LogP contribution in [0.1, 0.15) is 11.1 Å². The monoisotopic (exact) mass is 194 g/mol. The summed E-state index contributed by atoms with van der Waals surface area (Å²) >= 11 is 0. The second kappa shape index (κ2) is 5.11. The van der Waals surface area contributed by atoms with Gasteiger partial charge in [0.15, 0.2) is 0 Å². The van der Waals surface area contributed by atoms with Crippen LogP contribution >= 0.6 is 0 Å². The van der Waals surface area contributed by atoms with Gasteiger partial charge in [-0.3, -0.25) is 4.99 Å². The topological polar surface area (TPSA) is 12.4 Å². The molecule has 1 nitrogen and oxygen atoms in total. The van der Waals surface area contributed by atoms with Gasteiger partial charge >= 0.3 is 0 Å². The summed E-state index contributed by atoms with van der Waals surface area (Å²) in [4.78, 5) is 4.26. The zero-order valence-corrected chi connectivity index (χ0v) is 8.38. The Morgan fingerprint density at radius 2 is 1.20 bits per heavy atom. The summed E-state index contributed by atoms with van der Waals surface area (Å²) in [6, 6.07) is 20.1. The summed E-state index contributed by atoms with van der Waals surface area (Å²) in [6.07, 6.45) is 1.85. The van der Waals surface area contributed by atoms with Gasteiger partial charge in [-0.1, -0.05) is 60.7 Å². The van der Waals surface area contributed by atoms with Crippen molar-refractivity contribution in [1.29, 1.82) is 0 Å². The largest absolute Gasteiger partial charge is 0.282 e. The summed E-state index contributed by atoms with van der Waals surface area (Å²) in [5.41, 5.74) is 2.23. The number of nitrogens with zero attached hydrogens (tertiary/aromatic N) is 1. The molecule has 0 amide bonds. The van der Waals surface area contributed by atoms with E-state index in [1.165, 1.54) is 0 Å². The van der Waals surface area contributed by atoms with Gasteiger partial charge in [0.05, 0.1) is 0 Å². The highest BCUT2D eigenvalue weighted by molar-refractivity contribution is 5.79. The minimum absolute atomic E-state index is 1.12. The van der Waals surface area contributed by atoms with E-state index in [-0.39, 0.29) is 0 Å². The normalized spacial score (nSPS) is 10.7. The van der Waals surface area contributed by atoms with E-state index in [1.807, 2.05) is 73.4 Å². The summed E-state index contributed by atoms with van der Waals surface area (Å²) in [5.74, 6) is 0. The lowest BCUT2D eigenvalue weighted by Crippen LogP contribution is -1.81. The molecule has 1 heteroatoms. The number of benzene rings is 2. The van der Waals surface area contributed by atoms with Crippen molar-refractivity contribution in [2.24, 2.45) is 4.99 Å². The molecule has 0 unspecified atom stereocenters. The van der Waals surface area contributed by atoms with Crippen LogP contribution in [0.15, 0.2) is 65.7 Å². The molecule has 0 aliphatic rings. The van der Waals surface area contributed by atoms with Crippen LogP contribution in [0.5, 0.6) is 0 Å². The van der Waals surface area contributed by atoms with Crippen LogP contribution in [0.3, 0.4) is 0 Å². The van der Waals surface area contributed by atoms with Gasteiger partial charge < -0.3 is 0 Å². The van der Waals surface area contributed by atoms with Crippen LogP contribution in [0, 0.1) is 6.54 Å². The first-order valence-electron chi connectivity index (χ1n) is 4.92. The van der Waals surface area contributed by atoms with Crippen molar-refractivity contribution in [2.75, 3.05) is 0 Å². The minimum Gasteiger partial charge on any atom is -0.282 e. The average Bonchev–Trinajstić information content (AvgIpc) is 2.32. The number of hydrogen-bond acceptors (Lipinski definition) is 1. The highest BCUT2D eigenvalue weighted by Crippen LogP contribution is 2.02. The van der Waals surface area contributed by atoms with Gasteiger partial charge in [-0.25, -0.2) is 0 Å². The van der Waals surface area contributed by atoms with Crippen molar-refractivity contribution in [1.82, 2.24) is 0 Å². The lowest BCUT2D eigenvalue weighted by Gasteiger charge is -1.94. The first kappa shape index (κ1) is 9.66. The molecule has 2 rings (SSSR count). The van der Waals surface area contributed by atoms with Crippen molar-refractivity contribution in [3.05, 3.63) is 78.3 Å². The molecule has 0 heterocycles.